The number of carbonyl (C=O) groups is 1. The van der Waals surface area contributed by atoms with Crippen LogP contribution in [0, 0.1) is 17.6 Å². The molecule has 6 heteroatoms. The molecule has 1 saturated heterocycles. The molecule has 0 spiro atoms. The molecule has 1 aliphatic heterocycles. The Balaban J connectivity index is 1.81. The first kappa shape index (κ1) is 17.8. The lowest BCUT2D eigenvalue weighted by molar-refractivity contribution is -0.141. The van der Waals surface area contributed by atoms with E-state index < -0.39 is 17.7 Å². The van der Waals surface area contributed by atoms with E-state index in [0.717, 1.165) is 44.5 Å². The topological polar surface area (TPSA) is 49.8 Å². The van der Waals surface area contributed by atoms with Crippen molar-refractivity contribution < 1.29 is 23.4 Å². The quantitative estimate of drug-likeness (QED) is 0.816. The first-order chi connectivity index (χ1) is 11.0. The second kappa shape index (κ2) is 8.36. The number of aliphatic hydroxyl groups excluding tert-OH is 1. The smallest absolute Gasteiger partial charge is 0.305 e. The summed E-state index contributed by atoms with van der Waals surface area (Å²) in [5.41, 5.74) is -0.264. The SMILES string of the molecule is COC(=O)CCC1CCN(CC(O)c2c(F)cccc2F)CC1. The van der Waals surface area contributed by atoms with Gasteiger partial charge in [-0.2, -0.15) is 0 Å². The number of hydrogen-bond donors (Lipinski definition) is 1. The minimum Gasteiger partial charge on any atom is -0.469 e. The summed E-state index contributed by atoms with van der Waals surface area (Å²) < 4.78 is 32.0. The lowest BCUT2D eigenvalue weighted by Crippen LogP contribution is -2.37. The zero-order valence-corrected chi connectivity index (χ0v) is 13.3. The highest BCUT2D eigenvalue weighted by Gasteiger charge is 2.24. The predicted octanol–water partition coefficient (Wildman–Crippen LogP) is 2.66. The molecule has 1 fully saturated rings. The van der Waals surface area contributed by atoms with Gasteiger partial charge >= 0.3 is 5.97 Å². The molecule has 0 aromatic heterocycles. The number of rotatable bonds is 6. The Morgan fingerprint density at radius 2 is 1.96 bits per heavy atom. The van der Waals surface area contributed by atoms with E-state index in [1.807, 2.05) is 4.90 Å². The lowest BCUT2D eigenvalue weighted by Gasteiger charge is -2.33. The molecule has 1 heterocycles. The second-order valence-electron chi connectivity index (χ2n) is 6.01. The predicted molar refractivity (Wildman–Crippen MR) is 81.7 cm³/mol. The number of carbonyl (C=O) groups excluding carboxylic acids is 1. The highest BCUT2D eigenvalue weighted by atomic mass is 19.1. The van der Waals surface area contributed by atoms with Crippen LogP contribution < -0.4 is 0 Å². The standard InChI is InChI=1S/C17H23F2NO3/c1-23-16(22)6-5-12-7-9-20(10-8-12)11-15(21)17-13(18)3-2-4-14(17)19/h2-4,12,15,21H,5-11H2,1H3. The maximum atomic E-state index is 13.7. The highest BCUT2D eigenvalue weighted by molar-refractivity contribution is 5.69. The highest BCUT2D eigenvalue weighted by Crippen LogP contribution is 2.26. The molecule has 1 atom stereocenters. The molecule has 1 N–H and O–H groups in total. The van der Waals surface area contributed by atoms with Crippen molar-refractivity contribution in [2.24, 2.45) is 5.92 Å². The third-order valence-electron chi connectivity index (χ3n) is 4.46. The number of aliphatic hydroxyl groups is 1. The van der Waals surface area contributed by atoms with Crippen LogP contribution in [-0.4, -0.2) is 42.7 Å². The van der Waals surface area contributed by atoms with E-state index in [2.05, 4.69) is 4.74 Å². The molecule has 4 nitrogen and oxygen atoms in total. The largest absolute Gasteiger partial charge is 0.469 e. The first-order valence-electron chi connectivity index (χ1n) is 7.92. The number of nitrogens with zero attached hydrogens (tertiary/aromatic N) is 1. The third kappa shape index (κ3) is 4.97. The monoisotopic (exact) mass is 327 g/mol. The number of β-amino-alcohol motifs (C(OH)–C–C–N with tert-alkyl or cyclic N) is 1. The molecule has 0 amide bonds. The van der Waals surface area contributed by atoms with E-state index in [-0.39, 0.29) is 18.1 Å². The summed E-state index contributed by atoms with van der Waals surface area (Å²) in [6, 6.07) is 3.59. The van der Waals surface area contributed by atoms with E-state index >= 15 is 0 Å². The number of benzene rings is 1. The molecule has 0 radical (unpaired) electrons. The van der Waals surface area contributed by atoms with Gasteiger partial charge < -0.3 is 14.7 Å². The van der Waals surface area contributed by atoms with Crippen molar-refractivity contribution in [1.29, 1.82) is 0 Å². The Morgan fingerprint density at radius 1 is 1.35 bits per heavy atom. The van der Waals surface area contributed by atoms with Gasteiger partial charge in [0.05, 0.1) is 18.8 Å². The fourth-order valence-corrected chi connectivity index (χ4v) is 3.05. The summed E-state index contributed by atoms with van der Waals surface area (Å²) >= 11 is 0. The van der Waals surface area contributed by atoms with Crippen LogP contribution >= 0.6 is 0 Å². The van der Waals surface area contributed by atoms with Crippen molar-refractivity contribution >= 4 is 5.97 Å². The summed E-state index contributed by atoms with van der Waals surface area (Å²) in [6.45, 7) is 1.71. The lowest BCUT2D eigenvalue weighted by atomic mass is 9.92. The molecule has 1 aromatic carbocycles. The van der Waals surface area contributed by atoms with Crippen molar-refractivity contribution in [3.05, 3.63) is 35.4 Å². The normalized spacial score (nSPS) is 17.9. The van der Waals surface area contributed by atoms with Gasteiger partial charge in [0.1, 0.15) is 11.6 Å². The van der Waals surface area contributed by atoms with Crippen LogP contribution in [0.3, 0.4) is 0 Å². The summed E-state index contributed by atoms with van der Waals surface area (Å²) in [7, 11) is 1.38. The molecule has 0 saturated carbocycles. The third-order valence-corrected chi connectivity index (χ3v) is 4.46. The number of ether oxygens (including phenoxy) is 1. The van der Waals surface area contributed by atoms with E-state index in [9.17, 15) is 18.7 Å². The molecule has 23 heavy (non-hydrogen) atoms. The van der Waals surface area contributed by atoms with E-state index in [1.54, 1.807) is 0 Å². The van der Waals surface area contributed by atoms with E-state index in [0.29, 0.717) is 12.3 Å². The van der Waals surface area contributed by atoms with Crippen LogP contribution in [0.2, 0.25) is 0 Å². The summed E-state index contributed by atoms with van der Waals surface area (Å²) in [6.07, 6.45) is 1.85. The van der Waals surface area contributed by atoms with Gasteiger partial charge in [-0.05, 0) is 50.4 Å². The molecule has 0 bridgehead atoms. The van der Waals surface area contributed by atoms with Crippen molar-refractivity contribution in [1.82, 2.24) is 4.90 Å². The average Bonchev–Trinajstić information content (AvgIpc) is 2.53. The fourth-order valence-electron chi connectivity index (χ4n) is 3.05. The number of hydrogen-bond acceptors (Lipinski definition) is 4. The van der Waals surface area contributed by atoms with Crippen molar-refractivity contribution in [2.45, 2.75) is 31.8 Å². The van der Waals surface area contributed by atoms with Crippen LogP contribution in [-0.2, 0) is 9.53 Å². The number of esters is 1. The Labute approximate surface area is 135 Å². The van der Waals surface area contributed by atoms with Gasteiger partial charge in [0.25, 0.3) is 0 Å². The summed E-state index contributed by atoms with van der Waals surface area (Å²) in [5.74, 6) is -1.18. The molecule has 128 valence electrons. The van der Waals surface area contributed by atoms with Gasteiger partial charge in [-0.1, -0.05) is 6.07 Å². The zero-order valence-electron chi connectivity index (χ0n) is 13.3. The molecular weight excluding hydrogens is 304 g/mol. The van der Waals surface area contributed by atoms with Crippen molar-refractivity contribution in [3.8, 4) is 0 Å². The molecule has 1 aromatic rings. The molecule has 2 rings (SSSR count). The van der Waals surface area contributed by atoms with Crippen LogP contribution in [0.5, 0.6) is 0 Å². The minimum absolute atomic E-state index is 0.196. The van der Waals surface area contributed by atoms with Crippen molar-refractivity contribution in [2.75, 3.05) is 26.7 Å². The van der Waals surface area contributed by atoms with Crippen LogP contribution in [0.1, 0.15) is 37.4 Å². The molecule has 1 aliphatic rings. The maximum absolute atomic E-state index is 13.7. The van der Waals surface area contributed by atoms with Crippen LogP contribution in [0.15, 0.2) is 18.2 Å². The number of halogens is 2. The van der Waals surface area contributed by atoms with E-state index in [1.165, 1.54) is 13.2 Å². The summed E-state index contributed by atoms with van der Waals surface area (Å²) in [5, 5.41) is 10.1. The van der Waals surface area contributed by atoms with Gasteiger partial charge in [-0.25, -0.2) is 8.78 Å². The first-order valence-corrected chi connectivity index (χ1v) is 7.92. The Bertz CT molecular complexity index is 510. The van der Waals surface area contributed by atoms with Gasteiger partial charge in [0.15, 0.2) is 0 Å². The summed E-state index contributed by atoms with van der Waals surface area (Å²) in [4.78, 5) is 13.2. The molecule has 0 aliphatic carbocycles. The number of piperidine rings is 1. The zero-order chi connectivity index (χ0) is 16.8. The average molecular weight is 327 g/mol. The maximum Gasteiger partial charge on any atom is 0.305 e. The van der Waals surface area contributed by atoms with Crippen molar-refractivity contribution in [3.63, 3.8) is 0 Å². The van der Waals surface area contributed by atoms with E-state index in [4.69, 9.17) is 0 Å². The molecule has 1 unspecified atom stereocenters. The number of likely N-dealkylation sites (tertiary alicyclic amines) is 1. The Morgan fingerprint density at radius 3 is 2.52 bits per heavy atom. The van der Waals surface area contributed by atoms with Gasteiger partial charge in [0.2, 0.25) is 0 Å². The Hall–Kier alpha value is -1.53. The molecular formula is C17H23F2NO3. The van der Waals surface area contributed by atoms with Crippen LogP contribution in [0.25, 0.3) is 0 Å². The second-order valence-corrected chi connectivity index (χ2v) is 6.01. The number of methoxy groups -OCH3 is 1. The van der Waals surface area contributed by atoms with Crippen LogP contribution in [0.4, 0.5) is 8.78 Å². The Kier molecular flexibility index (Phi) is 6.47. The van der Waals surface area contributed by atoms with Gasteiger partial charge in [-0.3, -0.25) is 4.79 Å². The van der Waals surface area contributed by atoms with Gasteiger partial charge in [0, 0.05) is 13.0 Å². The fraction of sp³-hybridized carbons (Fsp3) is 0.588. The van der Waals surface area contributed by atoms with Gasteiger partial charge in [-0.15, -0.1) is 0 Å². The minimum atomic E-state index is -1.18.